The highest BCUT2D eigenvalue weighted by molar-refractivity contribution is 5.67. The van der Waals surface area contributed by atoms with E-state index in [1.54, 1.807) is 0 Å². The van der Waals surface area contributed by atoms with Crippen LogP contribution in [-0.2, 0) is 11.3 Å². The van der Waals surface area contributed by atoms with Crippen molar-refractivity contribution in [3.63, 3.8) is 0 Å². The molecule has 0 spiro atoms. The van der Waals surface area contributed by atoms with Gasteiger partial charge in [0.15, 0.2) is 0 Å². The fraction of sp³-hybridized carbons (Fsp3) is 0.611. The van der Waals surface area contributed by atoms with Gasteiger partial charge in [0, 0.05) is 6.04 Å². The van der Waals surface area contributed by atoms with Crippen LogP contribution in [0.15, 0.2) is 30.3 Å². The third-order valence-corrected chi connectivity index (χ3v) is 4.68. The molecule has 0 saturated heterocycles. The van der Waals surface area contributed by atoms with Gasteiger partial charge in [-0.15, -0.1) is 0 Å². The Morgan fingerprint density at radius 3 is 2.40 bits per heavy atom. The first kappa shape index (κ1) is 19.6. The first-order valence-corrected chi connectivity index (χ1v) is 8.53. The quantitative estimate of drug-likeness (QED) is 0.806. The molecule has 0 heterocycles. The number of amides is 1. The standard InChI is InChI=1S/C18H24F3NO3/c19-18(20,21)15(11-23)10-13-6-8-16(9-7-13)22-17(24)25-12-14-4-2-1-3-5-14/h1-5,13,15-16,23H,6-12H2,(H,22,24)/t13?,15-,16?/m1/s1. The molecule has 4 nitrogen and oxygen atoms in total. The SMILES string of the molecule is O=C(NC1CCC(C[C@H](CO)C(F)(F)F)CC1)OCc1ccccc1. The van der Waals surface area contributed by atoms with Crippen molar-refractivity contribution in [2.75, 3.05) is 6.61 Å². The van der Waals surface area contributed by atoms with Crippen molar-refractivity contribution in [2.45, 2.75) is 50.9 Å². The smallest absolute Gasteiger partial charge is 0.407 e. The minimum atomic E-state index is -4.36. The van der Waals surface area contributed by atoms with Crippen LogP contribution in [0.3, 0.4) is 0 Å². The Morgan fingerprint density at radius 2 is 1.84 bits per heavy atom. The van der Waals surface area contributed by atoms with Gasteiger partial charge in [-0.05, 0) is 43.6 Å². The number of carbonyl (C=O) groups excluding carboxylic acids is 1. The highest BCUT2D eigenvalue weighted by atomic mass is 19.4. The van der Waals surface area contributed by atoms with Crippen LogP contribution in [0, 0.1) is 11.8 Å². The molecule has 0 aromatic heterocycles. The fourth-order valence-electron chi connectivity index (χ4n) is 3.19. The summed E-state index contributed by atoms with van der Waals surface area (Å²) in [6.07, 6.45) is -2.44. The number of rotatable bonds is 6. The average molecular weight is 359 g/mol. The molecule has 25 heavy (non-hydrogen) atoms. The molecule has 0 radical (unpaired) electrons. The molecule has 1 aliphatic rings. The Balaban J connectivity index is 1.68. The minimum Gasteiger partial charge on any atom is -0.445 e. The van der Waals surface area contributed by atoms with Crippen LogP contribution < -0.4 is 5.32 Å². The third-order valence-electron chi connectivity index (χ3n) is 4.68. The molecule has 0 bridgehead atoms. The van der Waals surface area contributed by atoms with Crippen LogP contribution in [0.5, 0.6) is 0 Å². The molecule has 0 unspecified atom stereocenters. The summed E-state index contributed by atoms with van der Waals surface area (Å²) in [6.45, 7) is -0.681. The van der Waals surface area contributed by atoms with Gasteiger partial charge in [-0.25, -0.2) is 4.79 Å². The van der Waals surface area contributed by atoms with E-state index >= 15 is 0 Å². The Morgan fingerprint density at radius 1 is 1.20 bits per heavy atom. The van der Waals surface area contributed by atoms with E-state index < -0.39 is 24.8 Å². The van der Waals surface area contributed by atoms with Crippen LogP contribution in [0.2, 0.25) is 0 Å². The van der Waals surface area contributed by atoms with Gasteiger partial charge in [-0.2, -0.15) is 13.2 Å². The maximum atomic E-state index is 12.7. The van der Waals surface area contributed by atoms with Gasteiger partial charge in [-0.3, -0.25) is 0 Å². The molecule has 1 aliphatic carbocycles. The molecule has 1 aromatic rings. The van der Waals surface area contributed by atoms with Crippen molar-refractivity contribution in [1.29, 1.82) is 0 Å². The lowest BCUT2D eigenvalue weighted by atomic mass is 9.80. The van der Waals surface area contributed by atoms with Crippen LogP contribution in [-0.4, -0.2) is 30.0 Å². The molecule has 1 fully saturated rings. The van der Waals surface area contributed by atoms with Crippen molar-refractivity contribution in [1.82, 2.24) is 5.32 Å². The lowest BCUT2D eigenvalue weighted by Crippen LogP contribution is -2.38. The topological polar surface area (TPSA) is 58.6 Å². The van der Waals surface area contributed by atoms with E-state index in [9.17, 15) is 18.0 Å². The highest BCUT2D eigenvalue weighted by Crippen LogP contribution is 2.36. The van der Waals surface area contributed by atoms with Gasteiger partial charge < -0.3 is 15.2 Å². The second-order valence-electron chi connectivity index (χ2n) is 6.58. The average Bonchev–Trinajstić information content (AvgIpc) is 2.59. The maximum Gasteiger partial charge on any atom is 0.407 e. The number of hydrogen-bond acceptors (Lipinski definition) is 3. The Bertz CT molecular complexity index is 528. The first-order chi connectivity index (χ1) is 11.9. The predicted molar refractivity (Wildman–Crippen MR) is 86.8 cm³/mol. The number of alkyl carbamates (subject to hydrolysis) is 1. The van der Waals surface area contributed by atoms with E-state index in [1.165, 1.54) is 0 Å². The summed E-state index contributed by atoms with van der Waals surface area (Å²) in [5, 5.41) is 11.7. The van der Waals surface area contributed by atoms with Gasteiger partial charge in [0.1, 0.15) is 6.61 Å². The molecule has 2 N–H and O–H groups in total. The van der Waals surface area contributed by atoms with Crippen molar-refractivity contribution in [3.8, 4) is 0 Å². The number of nitrogens with one attached hydrogen (secondary N) is 1. The number of halogens is 3. The number of hydrogen-bond donors (Lipinski definition) is 2. The van der Waals surface area contributed by atoms with E-state index in [0.29, 0.717) is 25.7 Å². The van der Waals surface area contributed by atoms with Crippen LogP contribution in [0.1, 0.15) is 37.7 Å². The normalized spacial score (nSPS) is 22.2. The lowest BCUT2D eigenvalue weighted by Gasteiger charge is -2.31. The van der Waals surface area contributed by atoms with Gasteiger partial charge in [0.05, 0.1) is 12.5 Å². The predicted octanol–water partition coefficient (Wildman–Crippen LogP) is 4.03. The number of aliphatic hydroxyl groups excluding tert-OH is 1. The summed E-state index contributed by atoms with van der Waals surface area (Å²) >= 11 is 0. The minimum absolute atomic E-state index is 0.0504. The largest absolute Gasteiger partial charge is 0.445 e. The number of carbonyl (C=O) groups is 1. The van der Waals surface area contributed by atoms with Crippen molar-refractivity contribution in [3.05, 3.63) is 35.9 Å². The second kappa shape index (κ2) is 9.08. The van der Waals surface area contributed by atoms with Crippen molar-refractivity contribution in [2.24, 2.45) is 11.8 Å². The summed E-state index contributed by atoms with van der Waals surface area (Å²) in [5.74, 6) is -1.73. The molecular weight excluding hydrogens is 335 g/mol. The van der Waals surface area contributed by atoms with E-state index in [2.05, 4.69) is 5.32 Å². The monoisotopic (exact) mass is 359 g/mol. The van der Waals surface area contributed by atoms with Gasteiger partial charge in [0.25, 0.3) is 0 Å². The zero-order valence-corrected chi connectivity index (χ0v) is 14.0. The molecule has 1 aromatic carbocycles. The highest BCUT2D eigenvalue weighted by Gasteiger charge is 2.40. The van der Waals surface area contributed by atoms with Crippen LogP contribution in [0.25, 0.3) is 0 Å². The molecule has 1 amide bonds. The summed E-state index contributed by atoms with van der Waals surface area (Å²) in [7, 11) is 0. The van der Waals surface area contributed by atoms with E-state index in [-0.39, 0.29) is 25.0 Å². The van der Waals surface area contributed by atoms with Gasteiger partial charge in [0.2, 0.25) is 0 Å². The molecule has 140 valence electrons. The first-order valence-electron chi connectivity index (χ1n) is 8.53. The number of aliphatic hydroxyl groups is 1. The van der Waals surface area contributed by atoms with E-state index in [4.69, 9.17) is 9.84 Å². The summed E-state index contributed by atoms with van der Waals surface area (Å²) in [4.78, 5) is 11.8. The molecular formula is C18H24F3NO3. The van der Waals surface area contributed by atoms with E-state index in [1.807, 2.05) is 30.3 Å². The Kier molecular flexibility index (Phi) is 7.11. The second-order valence-corrected chi connectivity index (χ2v) is 6.58. The molecule has 1 atom stereocenters. The maximum absolute atomic E-state index is 12.7. The lowest BCUT2D eigenvalue weighted by molar-refractivity contribution is -0.189. The summed E-state index contributed by atoms with van der Waals surface area (Å²) in [5.41, 5.74) is 0.892. The molecule has 7 heteroatoms. The van der Waals surface area contributed by atoms with E-state index in [0.717, 1.165) is 5.56 Å². The third kappa shape index (κ3) is 6.57. The Hall–Kier alpha value is -1.76. The van der Waals surface area contributed by atoms with Crippen molar-refractivity contribution >= 4 is 6.09 Å². The molecule has 2 rings (SSSR count). The zero-order valence-electron chi connectivity index (χ0n) is 14.0. The van der Waals surface area contributed by atoms with Crippen LogP contribution >= 0.6 is 0 Å². The number of ether oxygens (including phenoxy) is 1. The van der Waals surface area contributed by atoms with Crippen molar-refractivity contribution < 1.29 is 27.8 Å². The zero-order chi connectivity index (χ0) is 18.3. The number of alkyl halides is 3. The number of benzene rings is 1. The van der Waals surface area contributed by atoms with Gasteiger partial charge >= 0.3 is 12.3 Å². The van der Waals surface area contributed by atoms with Crippen LogP contribution in [0.4, 0.5) is 18.0 Å². The molecule has 0 aliphatic heterocycles. The van der Waals surface area contributed by atoms with Gasteiger partial charge in [-0.1, -0.05) is 30.3 Å². The summed E-state index contributed by atoms with van der Waals surface area (Å²) < 4.78 is 43.3. The summed E-state index contributed by atoms with van der Waals surface area (Å²) in [6, 6.07) is 9.24. The fourth-order valence-corrected chi connectivity index (χ4v) is 3.19. The Labute approximate surface area is 145 Å². The molecule has 1 saturated carbocycles.